The fraction of sp³-hybridized carbons (Fsp3) is 0.480. The number of sulfonamides is 1. The minimum atomic E-state index is -3.52. The lowest BCUT2D eigenvalue weighted by Crippen LogP contribution is -2.48. The average molecular weight is 438 g/mol. The molecule has 31 heavy (non-hydrogen) atoms. The SMILES string of the molecule is O=S(=O)(c1ccc(-c2nc3ccccc3[nH]2)cc1)N(C1CCCCC1)C1CCCCC1. The summed E-state index contributed by atoms with van der Waals surface area (Å²) in [5.74, 6) is 0.765. The molecule has 0 radical (unpaired) electrons. The molecule has 1 aromatic heterocycles. The number of fused-ring (bicyclic) bond motifs is 1. The Morgan fingerprint density at radius 2 is 1.35 bits per heavy atom. The molecule has 0 unspecified atom stereocenters. The van der Waals surface area contributed by atoms with Crippen molar-refractivity contribution < 1.29 is 8.42 Å². The number of benzene rings is 2. The predicted octanol–water partition coefficient (Wildman–Crippen LogP) is 5.89. The lowest BCUT2D eigenvalue weighted by molar-refractivity contribution is 0.169. The number of aromatic nitrogens is 2. The number of hydrogen-bond acceptors (Lipinski definition) is 3. The molecule has 2 aromatic carbocycles. The first-order chi connectivity index (χ1) is 15.1. The Labute approximate surface area is 184 Å². The predicted molar refractivity (Wildman–Crippen MR) is 124 cm³/mol. The molecule has 0 saturated heterocycles. The maximum atomic E-state index is 13.8. The van der Waals surface area contributed by atoms with Crippen molar-refractivity contribution in [3.8, 4) is 11.4 Å². The van der Waals surface area contributed by atoms with Gasteiger partial charge < -0.3 is 4.98 Å². The van der Waals surface area contributed by atoms with Crippen molar-refractivity contribution in [1.82, 2.24) is 14.3 Å². The molecule has 2 fully saturated rings. The fourth-order valence-corrected chi connectivity index (χ4v) is 7.29. The zero-order valence-corrected chi connectivity index (χ0v) is 18.8. The van der Waals surface area contributed by atoms with E-state index in [1.165, 1.54) is 12.8 Å². The smallest absolute Gasteiger partial charge is 0.243 e. The van der Waals surface area contributed by atoms with Crippen LogP contribution in [-0.4, -0.2) is 34.8 Å². The summed E-state index contributed by atoms with van der Waals surface area (Å²) in [6, 6.07) is 15.5. The molecule has 6 heteroatoms. The van der Waals surface area contributed by atoms with Crippen molar-refractivity contribution in [3.05, 3.63) is 48.5 Å². The lowest BCUT2D eigenvalue weighted by Gasteiger charge is -2.40. The molecule has 0 aliphatic heterocycles. The van der Waals surface area contributed by atoms with Crippen LogP contribution in [0, 0.1) is 0 Å². The largest absolute Gasteiger partial charge is 0.338 e. The van der Waals surface area contributed by atoms with E-state index >= 15 is 0 Å². The van der Waals surface area contributed by atoms with Gasteiger partial charge in [-0.2, -0.15) is 4.31 Å². The van der Waals surface area contributed by atoms with E-state index in [2.05, 4.69) is 9.97 Å². The highest BCUT2D eigenvalue weighted by Gasteiger charge is 2.38. The van der Waals surface area contributed by atoms with Gasteiger partial charge >= 0.3 is 0 Å². The van der Waals surface area contributed by atoms with Crippen molar-refractivity contribution in [3.63, 3.8) is 0 Å². The van der Waals surface area contributed by atoms with Crippen LogP contribution in [0.5, 0.6) is 0 Å². The first-order valence-electron chi connectivity index (χ1n) is 11.7. The average Bonchev–Trinajstić information content (AvgIpc) is 3.25. The number of aromatic amines is 1. The summed E-state index contributed by atoms with van der Waals surface area (Å²) in [6.45, 7) is 0. The van der Waals surface area contributed by atoms with Crippen LogP contribution in [0.25, 0.3) is 22.4 Å². The molecule has 0 spiro atoms. The molecule has 5 rings (SSSR count). The maximum absolute atomic E-state index is 13.8. The Morgan fingerprint density at radius 3 is 1.94 bits per heavy atom. The van der Waals surface area contributed by atoms with Crippen LogP contribution >= 0.6 is 0 Å². The van der Waals surface area contributed by atoms with Crippen LogP contribution in [0.3, 0.4) is 0 Å². The van der Waals surface area contributed by atoms with Gasteiger partial charge in [0.05, 0.1) is 15.9 Å². The summed E-state index contributed by atoms with van der Waals surface area (Å²) in [7, 11) is -3.52. The summed E-state index contributed by atoms with van der Waals surface area (Å²) < 4.78 is 29.6. The topological polar surface area (TPSA) is 66.1 Å². The quantitative estimate of drug-likeness (QED) is 0.541. The standard InChI is InChI=1S/C25H31N3O2S/c29-31(30,28(20-9-3-1-4-10-20)21-11-5-2-6-12-21)22-17-15-19(16-18-22)25-26-23-13-7-8-14-24(23)27-25/h7-8,13-18,20-21H,1-6,9-12H2,(H,26,27). The van der Waals surface area contributed by atoms with E-state index < -0.39 is 10.0 Å². The van der Waals surface area contributed by atoms with E-state index in [1.807, 2.05) is 40.7 Å². The van der Waals surface area contributed by atoms with Gasteiger partial charge in [0.2, 0.25) is 10.0 Å². The van der Waals surface area contributed by atoms with E-state index in [0.29, 0.717) is 4.90 Å². The van der Waals surface area contributed by atoms with Gasteiger partial charge in [0.15, 0.2) is 0 Å². The Bertz CT molecular complexity index is 1070. The van der Waals surface area contributed by atoms with Gasteiger partial charge in [-0.15, -0.1) is 0 Å². The van der Waals surface area contributed by atoms with E-state index in [4.69, 9.17) is 0 Å². The number of rotatable bonds is 5. The Kier molecular flexibility index (Phi) is 5.85. The molecule has 0 amide bonds. The van der Waals surface area contributed by atoms with Crippen LogP contribution in [0.15, 0.2) is 53.4 Å². The first kappa shape index (κ1) is 20.7. The Hall–Kier alpha value is -2.18. The number of para-hydroxylation sites is 2. The van der Waals surface area contributed by atoms with E-state index in [9.17, 15) is 8.42 Å². The molecule has 164 valence electrons. The van der Waals surface area contributed by atoms with Crippen LogP contribution in [0.1, 0.15) is 64.2 Å². The zero-order valence-electron chi connectivity index (χ0n) is 18.0. The van der Waals surface area contributed by atoms with E-state index in [-0.39, 0.29) is 12.1 Å². The van der Waals surface area contributed by atoms with Crippen molar-refractivity contribution in [2.45, 2.75) is 81.2 Å². The molecule has 1 N–H and O–H groups in total. The molecule has 2 saturated carbocycles. The van der Waals surface area contributed by atoms with Gasteiger partial charge in [-0.05, 0) is 62.1 Å². The highest BCUT2D eigenvalue weighted by Crippen LogP contribution is 2.35. The molecule has 1 heterocycles. The van der Waals surface area contributed by atoms with Crippen LogP contribution in [0.4, 0.5) is 0 Å². The highest BCUT2D eigenvalue weighted by molar-refractivity contribution is 7.89. The highest BCUT2D eigenvalue weighted by atomic mass is 32.2. The minimum Gasteiger partial charge on any atom is -0.338 e. The lowest BCUT2D eigenvalue weighted by atomic mass is 9.91. The minimum absolute atomic E-state index is 0.150. The molecule has 5 nitrogen and oxygen atoms in total. The molecule has 0 atom stereocenters. The van der Waals surface area contributed by atoms with Crippen LogP contribution < -0.4 is 0 Å². The molecular formula is C25H31N3O2S. The van der Waals surface area contributed by atoms with Gasteiger partial charge in [0.25, 0.3) is 0 Å². The van der Waals surface area contributed by atoms with Gasteiger partial charge in [-0.3, -0.25) is 0 Å². The molecule has 3 aromatic rings. The third-order valence-corrected chi connectivity index (χ3v) is 8.98. The summed E-state index contributed by atoms with van der Waals surface area (Å²) in [5.41, 5.74) is 2.79. The summed E-state index contributed by atoms with van der Waals surface area (Å²) >= 11 is 0. The zero-order chi connectivity index (χ0) is 21.3. The third-order valence-electron chi connectivity index (χ3n) is 6.96. The second-order valence-corrected chi connectivity index (χ2v) is 10.9. The number of H-pyrrole nitrogens is 1. The van der Waals surface area contributed by atoms with Crippen molar-refractivity contribution in [1.29, 1.82) is 0 Å². The maximum Gasteiger partial charge on any atom is 0.243 e. The van der Waals surface area contributed by atoms with Gasteiger partial charge in [-0.25, -0.2) is 13.4 Å². The van der Waals surface area contributed by atoms with E-state index in [0.717, 1.165) is 73.8 Å². The van der Waals surface area contributed by atoms with Crippen molar-refractivity contribution >= 4 is 21.1 Å². The van der Waals surface area contributed by atoms with Crippen LogP contribution in [-0.2, 0) is 10.0 Å². The molecule has 0 bridgehead atoms. The number of hydrogen-bond donors (Lipinski definition) is 1. The second kappa shape index (κ2) is 8.75. The van der Waals surface area contributed by atoms with Crippen molar-refractivity contribution in [2.75, 3.05) is 0 Å². The first-order valence-corrected chi connectivity index (χ1v) is 13.2. The van der Waals surface area contributed by atoms with Gasteiger partial charge in [-0.1, -0.05) is 50.7 Å². The second-order valence-electron chi connectivity index (χ2n) is 9.05. The molecule has 2 aliphatic rings. The van der Waals surface area contributed by atoms with Crippen LogP contribution in [0.2, 0.25) is 0 Å². The monoisotopic (exact) mass is 437 g/mol. The Morgan fingerprint density at radius 1 is 0.774 bits per heavy atom. The summed E-state index contributed by atoms with van der Waals surface area (Å²) in [4.78, 5) is 8.37. The summed E-state index contributed by atoms with van der Waals surface area (Å²) in [6.07, 6.45) is 11.0. The molecular weight excluding hydrogens is 406 g/mol. The molecule has 2 aliphatic carbocycles. The normalized spacial score (nSPS) is 19.3. The van der Waals surface area contributed by atoms with Gasteiger partial charge in [0, 0.05) is 17.6 Å². The fourth-order valence-electron chi connectivity index (χ4n) is 5.36. The van der Waals surface area contributed by atoms with E-state index in [1.54, 1.807) is 12.1 Å². The van der Waals surface area contributed by atoms with Gasteiger partial charge in [0.1, 0.15) is 5.82 Å². The third kappa shape index (κ3) is 4.15. The summed E-state index contributed by atoms with van der Waals surface area (Å²) in [5, 5.41) is 0. The number of imidazole rings is 1. The van der Waals surface area contributed by atoms with Crippen molar-refractivity contribution in [2.24, 2.45) is 0 Å². The Balaban J connectivity index is 1.45. The number of nitrogens with zero attached hydrogens (tertiary/aromatic N) is 2. The number of nitrogens with one attached hydrogen (secondary N) is 1.